The van der Waals surface area contributed by atoms with Gasteiger partial charge in [0.2, 0.25) is 11.8 Å². The average molecular weight is 345 g/mol. The Morgan fingerprint density at radius 1 is 0.917 bits per heavy atom. The number of hydrogen-bond donors (Lipinski definition) is 5. The highest BCUT2D eigenvalue weighted by molar-refractivity contribution is 5.92. The first-order valence-electron chi connectivity index (χ1n) is 8.33. The van der Waals surface area contributed by atoms with E-state index in [4.69, 9.17) is 5.73 Å². The molecule has 0 aliphatic rings. The Morgan fingerprint density at radius 2 is 1.33 bits per heavy atom. The van der Waals surface area contributed by atoms with Crippen LogP contribution in [0.3, 0.4) is 0 Å². The molecule has 0 bridgehead atoms. The minimum atomic E-state index is -1.16. The van der Waals surface area contributed by atoms with Crippen molar-refractivity contribution in [3.63, 3.8) is 0 Å². The molecule has 0 rings (SSSR count). The Balaban J connectivity index is 5.20. The summed E-state index contributed by atoms with van der Waals surface area (Å²) in [6, 6.07) is -3.11. The second-order valence-corrected chi connectivity index (χ2v) is 6.35. The maximum atomic E-state index is 12.5. The third-order valence-corrected chi connectivity index (χ3v) is 4.39. The van der Waals surface area contributed by atoms with E-state index in [0.717, 1.165) is 0 Å². The molecule has 0 heterocycles. The molecule has 0 aromatic heterocycles. The lowest BCUT2D eigenvalue weighted by molar-refractivity contribution is -0.144. The van der Waals surface area contributed by atoms with Gasteiger partial charge in [0.05, 0.1) is 6.10 Å². The molecule has 0 aromatic rings. The van der Waals surface area contributed by atoms with E-state index in [0.29, 0.717) is 12.8 Å². The minimum absolute atomic E-state index is 0.221. The number of carbonyl (C=O) groups is 3. The van der Waals surface area contributed by atoms with Crippen LogP contribution in [0.5, 0.6) is 0 Å². The summed E-state index contributed by atoms with van der Waals surface area (Å²) >= 11 is 0. The molecule has 0 fully saturated rings. The molecule has 2 amide bonds. The number of aliphatic hydroxyl groups excluding tert-OH is 1. The van der Waals surface area contributed by atoms with Gasteiger partial charge in [-0.2, -0.15) is 0 Å². The number of nitrogens with two attached hydrogens (primary N) is 1. The topological polar surface area (TPSA) is 142 Å². The van der Waals surface area contributed by atoms with Crippen molar-refractivity contribution in [2.45, 2.75) is 71.7 Å². The lowest BCUT2D eigenvalue weighted by atomic mass is 9.95. The van der Waals surface area contributed by atoms with Crippen LogP contribution in [-0.4, -0.2) is 52.2 Å². The van der Waals surface area contributed by atoms with Gasteiger partial charge in [-0.1, -0.05) is 40.5 Å². The quantitative estimate of drug-likeness (QED) is 0.372. The Labute approximate surface area is 143 Å². The maximum Gasteiger partial charge on any atom is 0.326 e. The Bertz CT molecular complexity index is 441. The third kappa shape index (κ3) is 6.45. The van der Waals surface area contributed by atoms with Gasteiger partial charge in [0.15, 0.2) is 0 Å². The zero-order valence-corrected chi connectivity index (χ0v) is 15.1. The fraction of sp³-hybridized carbons (Fsp3) is 0.812. The first kappa shape index (κ1) is 22.3. The fourth-order valence-electron chi connectivity index (χ4n) is 2.10. The van der Waals surface area contributed by atoms with Gasteiger partial charge in [0.1, 0.15) is 18.1 Å². The normalized spacial score (nSPS) is 18.6. The molecular formula is C16H31N3O5. The van der Waals surface area contributed by atoms with Crippen molar-refractivity contribution in [2.75, 3.05) is 0 Å². The lowest BCUT2D eigenvalue weighted by Crippen LogP contribution is -2.58. The second-order valence-electron chi connectivity index (χ2n) is 6.35. The molecule has 0 spiro atoms. The maximum absolute atomic E-state index is 12.5. The summed E-state index contributed by atoms with van der Waals surface area (Å²) in [6.45, 7) is 8.58. The van der Waals surface area contributed by atoms with Gasteiger partial charge >= 0.3 is 5.97 Å². The second kappa shape index (κ2) is 10.2. The molecule has 24 heavy (non-hydrogen) atoms. The van der Waals surface area contributed by atoms with Crippen LogP contribution in [0.1, 0.15) is 47.5 Å². The Kier molecular flexibility index (Phi) is 9.53. The molecule has 140 valence electrons. The minimum Gasteiger partial charge on any atom is -0.480 e. The molecular weight excluding hydrogens is 314 g/mol. The van der Waals surface area contributed by atoms with E-state index in [9.17, 15) is 24.6 Å². The van der Waals surface area contributed by atoms with Gasteiger partial charge in [-0.25, -0.2) is 4.79 Å². The van der Waals surface area contributed by atoms with Crippen LogP contribution in [-0.2, 0) is 14.4 Å². The highest BCUT2D eigenvalue weighted by Crippen LogP contribution is 2.12. The Morgan fingerprint density at radius 3 is 1.71 bits per heavy atom. The predicted octanol–water partition coefficient (Wildman–Crippen LogP) is -0.159. The van der Waals surface area contributed by atoms with Crippen molar-refractivity contribution in [3.8, 4) is 0 Å². The van der Waals surface area contributed by atoms with Crippen LogP contribution in [0, 0.1) is 11.8 Å². The zero-order valence-electron chi connectivity index (χ0n) is 15.1. The van der Waals surface area contributed by atoms with Crippen molar-refractivity contribution in [2.24, 2.45) is 17.6 Å². The highest BCUT2D eigenvalue weighted by Gasteiger charge is 2.33. The van der Waals surface area contributed by atoms with Crippen LogP contribution < -0.4 is 16.4 Å². The van der Waals surface area contributed by atoms with Crippen LogP contribution in [0.25, 0.3) is 0 Å². The SMILES string of the molecule is CC[C@H](C)[C@H](NC(=O)[C@@H](NC(=O)[C@@H](N)[C@@H](C)O)[C@@H](C)CC)C(=O)O. The summed E-state index contributed by atoms with van der Waals surface area (Å²) in [5.74, 6) is -2.81. The number of amides is 2. The number of nitrogens with one attached hydrogen (secondary N) is 2. The standard InChI is InChI=1S/C16H31N3O5/c1-6-8(3)12(18-14(21)11(17)10(5)20)15(22)19-13(16(23)24)9(4)7-2/h8-13,20H,6-7,17H2,1-5H3,(H,18,21)(H,19,22)(H,23,24)/t8-,9-,10+,11-,12-,13-/m0/s1. The summed E-state index contributed by atoms with van der Waals surface area (Å²) < 4.78 is 0. The molecule has 0 unspecified atom stereocenters. The smallest absolute Gasteiger partial charge is 0.326 e. The van der Waals surface area contributed by atoms with Crippen molar-refractivity contribution in [3.05, 3.63) is 0 Å². The van der Waals surface area contributed by atoms with Crippen molar-refractivity contribution in [1.82, 2.24) is 10.6 Å². The molecule has 6 N–H and O–H groups in total. The van der Waals surface area contributed by atoms with E-state index in [-0.39, 0.29) is 11.8 Å². The van der Waals surface area contributed by atoms with Crippen LogP contribution in [0.4, 0.5) is 0 Å². The van der Waals surface area contributed by atoms with E-state index in [1.54, 1.807) is 13.8 Å². The largest absolute Gasteiger partial charge is 0.480 e. The first-order valence-corrected chi connectivity index (χ1v) is 8.33. The fourth-order valence-corrected chi connectivity index (χ4v) is 2.10. The van der Waals surface area contributed by atoms with E-state index >= 15 is 0 Å². The molecule has 8 nitrogen and oxygen atoms in total. The number of aliphatic hydroxyl groups is 1. The number of aliphatic carboxylic acids is 1. The van der Waals surface area contributed by atoms with E-state index < -0.39 is 42.0 Å². The average Bonchev–Trinajstić information content (AvgIpc) is 2.54. The summed E-state index contributed by atoms with van der Waals surface area (Å²) in [4.78, 5) is 35.9. The van der Waals surface area contributed by atoms with Gasteiger partial charge in [-0.05, 0) is 18.8 Å². The summed E-state index contributed by atoms with van der Waals surface area (Å²) in [7, 11) is 0. The van der Waals surface area contributed by atoms with Gasteiger partial charge in [0.25, 0.3) is 0 Å². The Hall–Kier alpha value is -1.67. The van der Waals surface area contributed by atoms with Crippen molar-refractivity contribution >= 4 is 17.8 Å². The molecule has 8 heteroatoms. The van der Waals surface area contributed by atoms with Crippen molar-refractivity contribution in [1.29, 1.82) is 0 Å². The summed E-state index contributed by atoms with van der Waals surface area (Å²) in [5.41, 5.74) is 5.58. The molecule has 0 aliphatic heterocycles. The van der Waals surface area contributed by atoms with Gasteiger partial charge in [-0.3, -0.25) is 9.59 Å². The van der Waals surface area contributed by atoms with E-state index in [1.807, 2.05) is 13.8 Å². The molecule has 0 saturated heterocycles. The number of rotatable bonds is 10. The van der Waals surface area contributed by atoms with E-state index in [2.05, 4.69) is 10.6 Å². The van der Waals surface area contributed by atoms with Gasteiger partial charge in [0, 0.05) is 0 Å². The monoisotopic (exact) mass is 345 g/mol. The van der Waals surface area contributed by atoms with Crippen LogP contribution in [0.15, 0.2) is 0 Å². The number of carboxylic acid groups (broad SMARTS) is 1. The van der Waals surface area contributed by atoms with Crippen LogP contribution in [0.2, 0.25) is 0 Å². The molecule has 6 atom stereocenters. The first-order chi connectivity index (χ1) is 11.1. The zero-order chi connectivity index (χ0) is 19.0. The van der Waals surface area contributed by atoms with E-state index in [1.165, 1.54) is 6.92 Å². The number of hydrogen-bond acceptors (Lipinski definition) is 5. The molecule has 0 aliphatic carbocycles. The van der Waals surface area contributed by atoms with Gasteiger partial charge in [-0.15, -0.1) is 0 Å². The summed E-state index contributed by atoms with van der Waals surface area (Å²) in [5, 5.41) is 23.7. The molecule has 0 radical (unpaired) electrons. The third-order valence-electron chi connectivity index (χ3n) is 4.39. The predicted molar refractivity (Wildman–Crippen MR) is 90.1 cm³/mol. The molecule has 0 aromatic carbocycles. The molecule has 0 saturated carbocycles. The van der Waals surface area contributed by atoms with Gasteiger partial charge < -0.3 is 26.6 Å². The number of carbonyl (C=O) groups excluding carboxylic acids is 2. The number of carboxylic acids is 1. The van der Waals surface area contributed by atoms with Crippen molar-refractivity contribution < 1.29 is 24.6 Å². The van der Waals surface area contributed by atoms with Crippen LogP contribution >= 0.6 is 0 Å². The highest BCUT2D eigenvalue weighted by atomic mass is 16.4. The lowest BCUT2D eigenvalue weighted by Gasteiger charge is -2.28. The summed E-state index contributed by atoms with van der Waals surface area (Å²) in [6.07, 6.45) is 0.131.